The van der Waals surface area contributed by atoms with Crippen LogP contribution >= 0.6 is 0 Å². The van der Waals surface area contributed by atoms with Crippen molar-refractivity contribution >= 4 is 5.91 Å². The molecule has 1 aromatic rings. The molecular formula is C18H28N2O. The Labute approximate surface area is 128 Å². The Morgan fingerprint density at radius 3 is 2.38 bits per heavy atom. The van der Waals surface area contributed by atoms with Crippen molar-refractivity contribution in [3.8, 4) is 0 Å². The minimum atomic E-state index is -0.287. The molecule has 1 fully saturated rings. The van der Waals surface area contributed by atoms with Crippen molar-refractivity contribution in [3.05, 3.63) is 35.9 Å². The van der Waals surface area contributed by atoms with Crippen molar-refractivity contribution in [3.63, 3.8) is 0 Å². The number of amides is 1. The average Bonchev–Trinajstić information content (AvgIpc) is 2.46. The van der Waals surface area contributed by atoms with Gasteiger partial charge in [-0.05, 0) is 24.8 Å². The van der Waals surface area contributed by atoms with E-state index in [0.29, 0.717) is 6.04 Å². The largest absolute Gasteiger partial charge is 0.353 e. The van der Waals surface area contributed by atoms with Crippen molar-refractivity contribution in [1.82, 2.24) is 10.2 Å². The fourth-order valence-electron chi connectivity index (χ4n) is 2.63. The number of likely N-dealkylation sites (tertiary alicyclic amines) is 1. The summed E-state index contributed by atoms with van der Waals surface area (Å²) < 4.78 is 0. The van der Waals surface area contributed by atoms with Crippen molar-refractivity contribution < 1.29 is 4.79 Å². The first kappa shape index (κ1) is 16.0. The summed E-state index contributed by atoms with van der Waals surface area (Å²) in [6.07, 6.45) is 3.24. The lowest BCUT2D eigenvalue weighted by atomic mass is 9.94. The van der Waals surface area contributed by atoms with Crippen molar-refractivity contribution in [1.29, 1.82) is 0 Å². The third-order valence-corrected chi connectivity index (χ3v) is 4.16. The fraction of sp³-hybridized carbons (Fsp3) is 0.611. The zero-order valence-electron chi connectivity index (χ0n) is 13.6. The van der Waals surface area contributed by atoms with Crippen LogP contribution in [0.4, 0.5) is 0 Å². The van der Waals surface area contributed by atoms with E-state index in [2.05, 4.69) is 40.5 Å². The summed E-state index contributed by atoms with van der Waals surface area (Å²) >= 11 is 0. The monoisotopic (exact) mass is 288 g/mol. The molecule has 3 nitrogen and oxygen atoms in total. The van der Waals surface area contributed by atoms with Crippen LogP contribution in [0.5, 0.6) is 0 Å². The van der Waals surface area contributed by atoms with Crippen LogP contribution in [0, 0.1) is 5.41 Å². The van der Waals surface area contributed by atoms with Crippen LogP contribution < -0.4 is 5.32 Å². The number of carbonyl (C=O) groups excluding carboxylic acids is 1. The minimum absolute atomic E-state index is 0.172. The second-order valence-corrected chi connectivity index (χ2v) is 7.07. The Morgan fingerprint density at radius 2 is 1.81 bits per heavy atom. The van der Waals surface area contributed by atoms with Crippen molar-refractivity contribution in [2.45, 2.75) is 46.1 Å². The van der Waals surface area contributed by atoms with Gasteiger partial charge in [0, 0.05) is 31.1 Å². The molecule has 1 aromatic carbocycles. The molecule has 0 atom stereocenters. The van der Waals surface area contributed by atoms with E-state index < -0.39 is 0 Å². The standard InChI is InChI=1S/C18H28N2O/c1-18(2,3)17(21)19-16-10-13-20(14-11-16)12-9-15-7-5-4-6-8-15/h4-8,16H,9-14H2,1-3H3,(H,19,21). The highest BCUT2D eigenvalue weighted by atomic mass is 16.2. The number of carbonyl (C=O) groups is 1. The lowest BCUT2D eigenvalue weighted by molar-refractivity contribution is -0.129. The first-order valence-electron chi connectivity index (χ1n) is 8.02. The summed E-state index contributed by atoms with van der Waals surface area (Å²) in [5, 5.41) is 3.19. The zero-order valence-corrected chi connectivity index (χ0v) is 13.6. The van der Waals surface area contributed by atoms with E-state index in [0.717, 1.165) is 38.9 Å². The van der Waals surface area contributed by atoms with Crippen LogP contribution in [-0.4, -0.2) is 36.5 Å². The van der Waals surface area contributed by atoms with Gasteiger partial charge in [0.25, 0.3) is 0 Å². The molecule has 3 heteroatoms. The Hall–Kier alpha value is -1.35. The number of nitrogens with zero attached hydrogens (tertiary/aromatic N) is 1. The fourth-order valence-corrected chi connectivity index (χ4v) is 2.63. The quantitative estimate of drug-likeness (QED) is 0.924. The van der Waals surface area contributed by atoms with Gasteiger partial charge >= 0.3 is 0 Å². The van der Waals surface area contributed by atoms with Gasteiger partial charge in [0.05, 0.1) is 0 Å². The van der Waals surface area contributed by atoms with E-state index in [1.54, 1.807) is 0 Å². The topological polar surface area (TPSA) is 32.3 Å². The van der Waals surface area contributed by atoms with E-state index in [1.165, 1.54) is 5.56 Å². The van der Waals surface area contributed by atoms with E-state index in [4.69, 9.17) is 0 Å². The maximum absolute atomic E-state index is 12.0. The van der Waals surface area contributed by atoms with E-state index in [-0.39, 0.29) is 11.3 Å². The molecule has 0 spiro atoms. The Morgan fingerprint density at radius 1 is 1.19 bits per heavy atom. The molecule has 1 N–H and O–H groups in total. The van der Waals surface area contributed by atoms with Crippen molar-refractivity contribution in [2.75, 3.05) is 19.6 Å². The molecule has 1 heterocycles. The molecule has 1 aliphatic rings. The van der Waals surface area contributed by atoms with Crippen LogP contribution in [0.1, 0.15) is 39.2 Å². The van der Waals surface area contributed by atoms with E-state index in [9.17, 15) is 4.79 Å². The number of piperidine rings is 1. The predicted molar refractivity (Wildman–Crippen MR) is 87.2 cm³/mol. The number of nitrogens with one attached hydrogen (secondary N) is 1. The summed E-state index contributed by atoms with van der Waals surface area (Å²) in [5.41, 5.74) is 1.12. The average molecular weight is 288 g/mol. The highest BCUT2D eigenvalue weighted by Gasteiger charge is 2.26. The molecule has 0 unspecified atom stereocenters. The molecule has 0 bridgehead atoms. The highest BCUT2D eigenvalue weighted by molar-refractivity contribution is 5.81. The molecule has 1 amide bonds. The van der Waals surface area contributed by atoms with Gasteiger partial charge < -0.3 is 10.2 Å². The summed E-state index contributed by atoms with van der Waals surface area (Å²) in [4.78, 5) is 14.5. The number of benzene rings is 1. The van der Waals surface area contributed by atoms with Crippen LogP contribution in [0.2, 0.25) is 0 Å². The molecule has 21 heavy (non-hydrogen) atoms. The van der Waals surface area contributed by atoms with Gasteiger partial charge in [-0.2, -0.15) is 0 Å². The summed E-state index contributed by atoms with van der Waals surface area (Å²) in [6, 6.07) is 11.0. The van der Waals surface area contributed by atoms with Crippen LogP contribution in [0.15, 0.2) is 30.3 Å². The van der Waals surface area contributed by atoms with Gasteiger partial charge in [0.15, 0.2) is 0 Å². The van der Waals surface area contributed by atoms with E-state index >= 15 is 0 Å². The minimum Gasteiger partial charge on any atom is -0.353 e. The molecule has 116 valence electrons. The molecule has 1 saturated heterocycles. The third kappa shape index (κ3) is 5.16. The Bertz CT molecular complexity index is 442. The molecule has 1 aliphatic heterocycles. The van der Waals surface area contributed by atoms with Crippen LogP contribution in [0.3, 0.4) is 0 Å². The number of hydrogen-bond acceptors (Lipinski definition) is 2. The van der Waals surface area contributed by atoms with Gasteiger partial charge in [0.1, 0.15) is 0 Å². The third-order valence-electron chi connectivity index (χ3n) is 4.16. The smallest absolute Gasteiger partial charge is 0.225 e. The summed E-state index contributed by atoms with van der Waals surface area (Å²) in [5.74, 6) is 0.172. The normalized spacial score (nSPS) is 17.7. The lowest BCUT2D eigenvalue weighted by Gasteiger charge is -2.33. The molecule has 0 aromatic heterocycles. The van der Waals surface area contributed by atoms with Gasteiger partial charge in [-0.15, -0.1) is 0 Å². The Kier molecular flexibility index (Phi) is 5.40. The lowest BCUT2D eigenvalue weighted by Crippen LogP contribution is -2.48. The summed E-state index contributed by atoms with van der Waals surface area (Å²) in [7, 11) is 0. The molecule has 2 rings (SSSR count). The van der Waals surface area contributed by atoms with Gasteiger partial charge in [-0.25, -0.2) is 0 Å². The maximum Gasteiger partial charge on any atom is 0.225 e. The second-order valence-electron chi connectivity index (χ2n) is 7.07. The Balaban J connectivity index is 1.70. The number of rotatable bonds is 4. The second kappa shape index (κ2) is 7.08. The number of hydrogen-bond donors (Lipinski definition) is 1. The van der Waals surface area contributed by atoms with Crippen LogP contribution in [0.25, 0.3) is 0 Å². The summed E-state index contributed by atoms with van der Waals surface area (Å²) in [6.45, 7) is 9.19. The first-order chi connectivity index (χ1) is 9.95. The van der Waals surface area contributed by atoms with Crippen LogP contribution in [-0.2, 0) is 11.2 Å². The highest BCUT2D eigenvalue weighted by Crippen LogP contribution is 2.16. The van der Waals surface area contributed by atoms with Crippen molar-refractivity contribution in [2.24, 2.45) is 5.41 Å². The molecule has 0 saturated carbocycles. The van der Waals surface area contributed by atoms with E-state index in [1.807, 2.05) is 20.8 Å². The molecular weight excluding hydrogens is 260 g/mol. The van der Waals surface area contributed by atoms with Gasteiger partial charge in [-0.3, -0.25) is 4.79 Å². The predicted octanol–water partition coefficient (Wildman–Crippen LogP) is 2.86. The van der Waals surface area contributed by atoms with Gasteiger partial charge in [0.2, 0.25) is 5.91 Å². The SMILES string of the molecule is CC(C)(C)C(=O)NC1CCN(CCc2ccccc2)CC1. The first-order valence-corrected chi connectivity index (χ1v) is 8.02. The van der Waals surface area contributed by atoms with Gasteiger partial charge in [-0.1, -0.05) is 51.1 Å². The zero-order chi connectivity index (χ0) is 15.3. The maximum atomic E-state index is 12.0. The molecule has 0 aliphatic carbocycles. The molecule has 0 radical (unpaired) electrons.